The topological polar surface area (TPSA) is 122 Å². The van der Waals surface area contributed by atoms with Crippen LogP contribution in [0.5, 0.6) is 11.5 Å². The monoisotopic (exact) mass is 600 g/mol. The lowest BCUT2D eigenvalue weighted by Crippen LogP contribution is -2.15. The highest BCUT2D eigenvalue weighted by atomic mass is 16.6. The van der Waals surface area contributed by atoms with Crippen molar-refractivity contribution in [1.29, 1.82) is 0 Å². The summed E-state index contributed by atoms with van der Waals surface area (Å²) in [5, 5.41) is 15.2. The van der Waals surface area contributed by atoms with Crippen molar-refractivity contribution in [3.63, 3.8) is 0 Å². The molecule has 0 unspecified atom stereocenters. The molecule has 1 N–H and O–H groups in total. The largest absolute Gasteiger partial charge is 0.493 e. The molecular formula is C34H36N2O8. The summed E-state index contributed by atoms with van der Waals surface area (Å²) in [6, 6.07) is 11.7. The number of nitro benzene ring substituents is 1. The van der Waals surface area contributed by atoms with E-state index in [0.29, 0.717) is 56.3 Å². The Labute approximate surface area is 256 Å². The minimum absolute atomic E-state index is 0.0504. The zero-order valence-corrected chi connectivity index (χ0v) is 25.6. The summed E-state index contributed by atoms with van der Waals surface area (Å²) in [6.07, 6.45) is 6.23. The van der Waals surface area contributed by atoms with Gasteiger partial charge in [0.2, 0.25) is 0 Å². The van der Waals surface area contributed by atoms with Crippen molar-refractivity contribution in [1.82, 2.24) is 5.32 Å². The maximum atomic E-state index is 13.2. The molecule has 0 atom stereocenters. The number of nitro groups is 1. The molecule has 2 heterocycles. The smallest absolute Gasteiger partial charge is 0.336 e. The number of nitrogens with one attached hydrogen (secondary N) is 1. The van der Waals surface area contributed by atoms with Crippen LogP contribution in [0.15, 0.2) is 70.2 Å². The Balaban J connectivity index is 2.11. The second-order valence-corrected chi connectivity index (χ2v) is 10.4. The Morgan fingerprint density at radius 3 is 2.50 bits per heavy atom. The second kappa shape index (κ2) is 13.9. The predicted octanol–water partition coefficient (Wildman–Crippen LogP) is 6.89. The van der Waals surface area contributed by atoms with Gasteiger partial charge in [0.25, 0.3) is 5.69 Å². The molecule has 0 spiro atoms. The summed E-state index contributed by atoms with van der Waals surface area (Å²) in [5.74, 6) is 1.68. The lowest BCUT2D eigenvalue weighted by molar-refractivity contribution is -0.385. The van der Waals surface area contributed by atoms with E-state index >= 15 is 0 Å². The number of fused-ring (bicyclic) bond motifs is 1. The fourth-order valence-electron chi connectivity index (χ4n) is 4.95. The Morgan fingerprint density at radius 1 is 1.09 bits per heavy atom. The lowest BCUT2D eigenvalue weighted by Gasteiger charge is -2.23. The number of hydrogen-bond donors (Lipinski definition) is 1. The molecule has 0 aliphatic carbocycles. The first-order valence-electron chi connectivity index (χ1n) is 14.0. The maximum absolute atomic E-state index is 13.2. The summed E-state index contributed by atoms with van der Waals surface area (Å²) in [4.78, 5) is 24.7. The van der Waals surface area contributed by atoms with Crippen LogP contribution in [0.1, 0.15) is 61.3 Å². The van der Waals surface area contributed by atoms with Crippen molar-refractivity contribution in [2.24, 2.45) is 0 Å². The minimum atomic E-state index is -0.617. The van der Waals surface area contributed by atoms with Crippen molar-refractivity contribution in [2.45, 2.75) is 39.9 Å². The Hall–Kier alpha value is -5.09. The number of hydrogen-bond acceptors (Lipinski definition) is 9. The molecule has 0 amide bonds. The van der Waals surface area contributed by atoms with Gasteiger partial charge < -0.3 is 28.7 Å². The summed E-state index contributed by atoms with van der Waals surface area (Å²) in [7, 11) is 3.08. The first kappa shape index (κ1) is 31.8. The van der Waals surface area contributed by atoms with E-state index in [0.717, 1.165) is 0 Å². The molecular weight excluding hydrogens is 564 g/mol. The molecule has 0 bridgehead atoms. The number of methoxy groups -OCH3 is 2. The van der Waals surface area contributed by atoms with Gasteiger partial charge in [-0.05, 0) is 51.5 Å². The van der Waals surface area contributed by atoms with Gasteiger partial charge in [-0.15, -0.1) is 0 Å². The van der Waals surface area contributed by atoms with Crippen molar-refractivity contribution in [3.8, 4) is 11.5 Å². The van der Waals surface area contributed by atoms with E-state index < -0.39 is 10.5 Å². The number of benzene rings is 2. The molecule has 10 nitrogen and oxygen atoms in total. The Kier molecular flexibility index (Phi) is 10.1. The summed E-state index contributed by atoms with van der Waals surface area (Å²) >= 11 is 0. The van der Waals surface area contributed by atoms with Gasteiger partial charge in [-0.1, -0.05) is 30.9 Å². The molecule has 0 radical (unpaired) electrons. The molecule has 0 saturated carbocycles. The SMILES string of the molecule is C=Cc1c(/C(=C2\NC=Cc3c2cccc3[N+](=O)[O-])c2ccc(OC(C)C)c(OC)c2)cc(=O)oc1/C=C(\COC)OC(C)C. The number of rotatable bonds is 12. The van der Waals surface area contributed by atoms with E-state index in [1.165, 1.54) is 12.1 Å². The zero-order valence-electron chi connectivity index (χ0n) is 25.6. The van der Waals surface area contributed by atoms with Crippen molar-refractivity contribution < 1.29 is 28.3 Å². The Morgan fingerprint density at radius 2 is 1.86 bits per heavy atom. The van der Waals surface area contributed by atoms with Crippen LogP contribution in [0.25, 0.3) is 29.5 Å². The third kappa shape index (κ3) is 6.92. The maximum Gasteiger partial charge on any atom is 0.336 e. The Bertz CT molecular complexity index is 1710. The van der Waals surface area contributed by atoms with Gasteiger partial charge >= 0.3 is 5.63 Å². The summed E-state index contributed by atoms with van der Waals surface area (Å²) < 4.78 is 28.5. The highest BCUT2D eigenvalue weighted by molar-refractivity contribution is 6.03. The average molecular weight is 601 g/mol. The van der Waals surface area contributed by atoms with Crippen LogP contribution in [0.2, 0.25) is 0 Å². The highest BCUT2D eigenvalue weighted by Gasteiger charge is 2.26. The summed E-state index contributed by atoms with van der Waals surface area (Å²) in [5.41, 5.74) is 3.03. The van der Waals surface area contributed by atoms with Gasteiger partial charge in [0.15, 0.2) is 11.5 Å². The molecule has 0 fully saturated rings. The van der Waals surface area contributed by atoms with Gasteiger partial charge in [-0.2, -0.15) is 0 Å². The predicted molar refractivity (Wildman–Crippen MR) is 171 cm³/mol. The van der Waals surface area contributed by atoms with Gasteiger partial charge in [0.1, 0.15) is 18.1 Å². The van der Waals surface area contributed by atoms with Crippen LogP contribution in [0.3, 0.4) is 0 Å². The lowest BCUT2D eigenvalue weighted by atomic mass is 9.87. The quantitative estimate of drug-likeness (QED) is 0.134. The third-order valence-electron chi connectivity index (χ3n) is 6.56. The minimum Gasteiger partial charge on any atom is -0.493 e. The van der Waals surface area contributed by atoms with Crippen molar-refractivity contribution in [3.05, 3.63) is 115 Å². The first-order chi connectivity index (χ1) is 21.1. The van der Waals surface area contributed by atoms with Crippen LogP contribution >= 0.6 is 0 Å². The third-order valence-corrected chi connectivity index (χ3v) is 6.56. The van der Waals surface area contributed by atoms with Crippen LogP contribution < -0.4 is 20.4 Å². The highest BCUT2D eigenvalue weighted by Crippen LogP contribution is 2.41. The molecule has 3 aromatic rings. The standard InChI is InChI=1S/C34H36N2O8/c1-8-24-27(18-32(37)44-30(24)17-23(19-40-6)42-20(2)3)33(22-12-13-29(43-21(4)5)31(16-22)41-7)34-26-10-9-11-28(36(38)39)25(26)14-15-35-34/h8-18,20-21,35H,1,19H2,2-7H3/b23-17+,34-33-. The molecule has 1 aromatic heterocycles. The van der Waals surface area contributed by atoms with Crippen LogP contribution in [0.4, 0.5) is 5.69 Å². The molecule has 4 rings (SSSR count). The second-order valence-electron chi connectivity index (χ2n) is 10.4. The molecule has 2 aromatic carbocycles. The molecule has 1 aliphatic heterocycles. The fraction of sp³-hybridized carbons (Fsp3) is 0.265. The fourth-order valence-corrected chi connectivity index (χ4v) is 4.95. The molecule has 44 heavy (non-hydrogen) atoms. The first-order valence-corrected chi connectivity index (χ1v) is 14.0. The van der Waals surface area contributed by atoms with E-state index in [1.807, 2.05) is 33.8 Å². The van der Waals surface area contributed by atoms with Crippen molar-refractivity contribution >= 4 is 35.2 Å². The van der Waals surface area contributed by atoms with Crippen LogP contribution in [0, 0.1) is 10.1 Å². The van der Waals surface area contributed by atoms with Gasteiger partial charge in [0, 0.05) is 53.8 Å². The number of nitrogens with zero attached hydrogens (tertiary/aromatic N) is 1. The van der Waals surface area contributed by atoms with E-state index in [4.69, 9.17) is 23.4 Å². The molecule has 230 valence electrons. The van der Waals surface area contributed by atoms with Gasteiger partial charge in [-0.25, -0.2) is 4.79 Å². The van der Waals surface area contributed by atoms with E-state index in [1.54, 1.807) is 62.9 Å². The van der Waals surface area contributed by atoms with Gasteiger partial charge in [-0.3, -0.25) is 10.1 Å². The van der Waals surface area contributed by atoms with Crippen LogP contribution in [-0.4, -0.2) is 38.0 Å². The number of ether oxygens (including phenoxy) is 4. The van der Waals surface area contributed by atoms with E-state index in [-0.39, 0.29) is 30.3 Å². The molecule has 0 saturated heterocycles. The van der Waals surface area contributed by atoms with Crippen molar-refractivity contribution in [2.75, 3.05) is 20.8 Å². The van der Waals surface area contributed by atoms with E-state index in [2.05, 4.69) is 11.9 Å². The molecule has 10 heteroatoms. The van der Waals surface area contributed by atoms with Gasteiger partial charge in [0.05, 0.1) is 35.5 Å². The van der Waals surface area contributed by atoms with E-state index in [9.17, 15) is 14.9 Å². The summed E-state index contributed by atoms with van der Waals surface area (Å²) in [6.45, 7) is 11.8. The molecule has 1 aliphatic rings. The normalized spacial score (nSPS) is 13.8. The van der Waals surface area contributed by atoms with Crippen LogP contribution in [-0.2, 0) is 9.47 Å². The zero-order chi connectivity index (χ0) is 32.0. The average Bonchev–Trinajstić information content (AvgIpc) is 2.97.